The maximum atomic E-state index is 11.2. The van der Waals surface area contributed by atoms with Crippen LogP contribution in [0.5, 0.6) is 0 Å². The second kappa shape index (κ2) is 6.75. The molecule has 1 fully saturated rings. The van der Waals surface area contributed by atoms with Crippen molar-refractivity contribution in [2.75, 3.05) is 6.61 Å². The Hall–Kier alpha value is -0.460. The minimum atomic E-state index is -5.27. The molecule has 5 N–H and O–H groups in total. The van der Waals surface area contributed by atoms with Crippen LogP contribution in [0.3, 0.4) is 0 Å². The maximum absolute atomic E-state index is 11.2. The zero-order chi connectivity index (χ0) is 16.4. The summed E-state index contributed by atoms with van der Waals surface area (Å²) in [5.74, 6) is 0. The first kappa shape index (κ1) is 18.6. The first-order valence-electron chi connectivity index (χ1n) is 5.06. The van der Waals surface area contributed by atoms with E-state index < -0.39 is 58.1 Å². The molecule has 0 amide bonds. The van der Waals surface area contributed by atoms with Gasteiger partial charge in [-0.2, -0.15) is 16.8 Å². The third-order valence-corrected chi connectivity index (χ3v) is 3.29. The normalized spacial score (nSPS) is 34.8. The molecule has 0 radical (unpaired) electrons. The molecule has 0 aliphatic carbocycles. The van der Waals surface area contributed by atoms with E-state index >= 15 is 0 Å². The molecule has 0 bridgehead atoms. The van der Waals surface area contributed by atoms with E-state index in [1.807, 2.05) is 0 Å². The molecule has 0 saturated carbocycles. The SMILES string of the molecule is O=S(=O)(O)OOS(=O)(=O)O[C@H]1[C@H](O)[C@@H](CO)OC(O)[C@@H]1O. The van der Waals surface area contributed by atoms with E-state index in [0.717, 1.165) is 0 Å². The second-order valence-corrected chi connectivity index (χ2v) is 5.90. The molecule has 1 aliphatic rings. The highest BCUT2D eigenvalue weighted by molar-refractivity contribution is 7.83. The molecule has 126 valence electrons. The average Bonchev–Trinajstić information content (AvgIpc) is 2.36. The van der Waals surface area contributed by atoms with Crippen LogP contribution in [-0.2, 0) is 38.4 Å². The lowest BCUT2D eigenvalue weighted by Crippen LogP contribution is -2.59. The van der Waals surface area contributed by atoms with Crippen molar-refractivity contribution in [2.45, 2.75) is 30.7 Å². The molecule has 0 spiro atoms. The van der Waals surface area contributed by atoms with E-state index in [2.05, 4.69) is 17.6 Å². The molecule has 1 heterocycles. The number of hydrogen-bond donors (Lipinski definition) is 5. The van der Waals surface area contributed by atoms with Crippen molar-refractivity contribution in [3.05, 3.63) is 0 Å². The van der Waals surface area contributed by atoms with Crippen LogP contribution in [0.15, 0.2) is 0 Å². The van der Waals surface area contributed by atoms with Gasteiger partial charge in [0.2, 0.25) is 0 Å². The quantitative estimate of drug-likeness (QED) is 0.174. The van der Waals surface area contributed by atoms with Gasteiger partial charge in [0.15, 0.2) is 6.29 Å². The van der Waals surface area contributed by atoms with Crippen LogP contribution >= 0.6 is 0 Å². The predicted octanol–water partition coefficient (Wildman–Crippen LogP) is -4.20. The molecule has 5 atom stereocenters. The van der Waals surface area contributed by atoms with Gasteiger partial charge >= 0.3 is 20.8 Å². The van der Waals surface area contributed by atoms with Crippen LogP contribution in [0, 0.1) is 0 Å². The summed E-state index contributed by atoms with van der Waals surface area (Å²) < 4.78 is 65.8. The van der Waals surface area contributed by atoms with E-state index in [-0.39, 0.29) is 0 Å². The second-order valence-electron chi connectivity index (χ2n) is 3.76. The van der Waals surface area contributed by atoms with Gasteiger partial charge in [0.1, 0.15) is 24.4 Å². The number of rotatable bonds is 6. The van der Waals surface area contributed by atoms with Crippen molar-refractivity contribution >= 4 is 20.8 Å². The van der Waals surface area contributed by atoms with Gasteiger partial charge in [-0.1, -0.05) is 8.67 Å². The van der Waals surface area contributed by atoms with Crippen molar-refractivity contribution < 1.29 is 59.4 Å². The summed E-state index contributed by atoms with van der Waals surface area (Å²) in [6.45, 7) is -0.854. The topological polar surface area (TPSA) is 206 Å². The lowest BCUT2D eigenvalue weighted by molar-refractivity contribution is -0.283. The lowest BCUT2D eigenvalue weighted by atomic mass is 9.99. The molecule has 0 aromatic rings. The fourth-order valence-electron chi connectivity index (χ4n) is 1.40. The van der Waals surface area contributed by atoms with Gasteiger partial charge < -0.3 is 25.2 Å². The van der Waals surface area contributed by atoms with Crippen LogP contribution in [0.4, 0.5) is 0 Å². The number of aliphatic hydroxyl groups excluding tert-OH is 4. The molecule has 13 nitrogen and oxygen atoms in total. The number of hydrogen-bond acceptors (Lipinski definition) is 12. The van der Waals surface area contributed by atoms with Crippen molar-refractivity contribution in [1.82, 2.24) is 0 Å². The zero-order valence-electron chi connectivity index (χ0n) is 9.91. The van der Waals surface area contributed by atoms with E-state index in [0.29, 0.717) is 0 Å². The predicted molar refractivity (Wildman–Crippen MR) is 57.5 cm³/mol. The van der Waals surface area contributed by atoms with Gasteiger partial charge in [-0.05, 0) is 0 Å². The first-order chi connectivity index (χ1) is 9.47. The molecular formula is C6H12O13S2. The summed E-state index contributed by atoms with van der Waals surface area (Å²) in [6, 6.07) is 0. The van der Waals surface area contributed by atoms with Crippen molar-refractivity contribution in [2.24, 2.45) is 0 Å². The van der Waals surface area contributed by atoms with Crippen molar-refractivity contribution in [1.29, 1.82) is 0 Å². The minimum absolute atomic E-state index is 0.854. The fraction of sp³-hybridized carbons (Fsp3) is 1.00. The Morgan fingerprint density at radius 1 is 1.00 bits per heavy atom. The third kappa shape index (κ3) is 5.34. The monoisotopic (exact) mass is 356 g/mol. The van der Waals surface area contributed by atoms with E-state index in [1.54, 1.807) is 0 Å². The van der Waals surface area contributed by atoms with Crippen LogP contribution in [0.1, 0.15) is 0 Å². The number of ether oxygens (including phenoxy) is 1. The fourth-order valence-corrected chi connectivity index (χ4v) is 2.49. The highest BCUT2D eigenvalue weighted by Gasteiger charge is 2.47. The summed E-state index contributed by atoms with van der Waals surface area (Å²) >= 11 is 0. The molecule has 21 heavy (non-hydrogen) atoms. The van der Waals surface area contributed by atoms with Gasteiger partial charge in [-0.15, -0.1) is 0 Å². The summed E-state index contributed by atoms with van der Waals surface area (Å²) in [7, 11) is -10.5. The Labute approximate surface area is 118 Å². The van der Waals surface area contributed by atoms with E-state index in [1.165, 1.54) is 0 Å². The summed E-state index contributed by atoms with van der Waals surface area (Å²) in [5.41, 5.74) is 0. The maximum Gasteiger partial charge on any atom is 0.428 e. The van der Waals surface area contributed by atoms with Gasteiger partial charge in [0.25, 0.3) is 0 Å². The van der Waals surface area contributed by atoms with Crippen LogP contribution < -0.4 is 0 Å². The molecule has 0 aromatic heterocycles. The standard InChI is InChI=1S/C6H12O13S2/c7-1-2-3(8)5(4(9)6(10)16-2)17-21(14,15)19-18-20(11,12)13/h2-10H,1H2,(H,11,12,13)/t2-,3-,4-,5+,6?/m1/s1. The highest BCUT2D eigenvalue weighted by Crippen LogP contribution is 2.24. The Balaban J connectivity index is 2.82. The number of aliphatic hydroxyl groups is 4. The smallest absolute Gasteiger partial charge is 0.394 e. The molecule has 0 aromatic carbocycles. The van der Waals surface area contributed by atoms with E-state index in [9.17, 15) is 32.2 Å². The summed E-state index contributed by atoms with van der Waals surface area (Å²) in [6.07, 6.45) is -9.57. The van der Waals surface area contributed by atoms with Gasteiger partial charge in [-0.25, -0.2) is 4.18 Å². The van der Waals surface area contributed by atoms with Crippen LogP contribution in [-0.4, -0.2) is 79.1 Å². The van der Waals surface area contributed by atoms with E-state index in [4.69, 9.17) is 9.66 Å². The highest BCUT2D eigenvalue weighted by atomic mass is 32.3. The Kier molecular flexibility index (Phi) is 5.98. The van der Waals surface area contributed by atoms with Gasteiger partial charge in [0.05, 0.1) is 6.61 Å². The largest absolute Gasteiger partial charge is 0.428 e. The molecule has 1 saturated heterocycles. The molecule has 1 unspecified atom stereocenters. The Bertz CT molecular complexity index is 539. The molecule has 1 rings (SSSR count). The Morgan fingerprint density at radius 3 is 2.05 bits per heavy atom. The lowest BCUT2D eigenvalue weighted by Gasteiger charge is -2.38. The minimum Gasteiger partial charge on any atom is -0.394 e. The first-order valence-corrected chi connectivity index (χ1v) is 7.75. The molecule has 15 heteroatoms. The summed E-state index contributed by atoms with van der Waals surface area (Å²) in [5, 5.41) is 37.1. The average molecular weight is 356 g/mol. The van der Waals surface area contributed by atoms with Crippen molar-refractivity contribution in [3.8, 4) is 0 Å². The summed E-state index contributed by atoms with van der Waals surface area (Å²) in [4.78, 5) is 0. The van der Waals surface area contributed by atoms with Crippen molar-refractivity contribution in [3.63, 3.8) is 0 Å². The molecule has 1 aliphatic heterocycles. The van der Waals surface area contributed by atoms with Crippen LogP contribution in [0.2, 0.25) is 0 Å². The van der Waals surface area contributed by atoms with Crippen LogP contribution in [0.25, 0.3) is 0 Å². The van der Waals surface area contributed by atoms with Gasteiger partial charge in [-0.3, -0.25) is 4.55 Å². The Morgan fingerprint density at radius 2 is 1.57 bits per heavy atom. The third-order valence-electron chi connectivity index (χ3n) is 2.27. The zero-order valence-corrected chi connectivity index (χ0v) is 11.5. The van der Waals surface area contributed by atoms with Gasteiger partial charge in [0, 0.05) is 0 Å². The molecular weight excluding hydrogens is 344 g/mol.